The first-order valence-corrected chi connectivity index (χ1v) is 17.4. The Bertz CT molecular complexity index is 2040. The van der Waals surface area contributed by atoms with E-state index in [0.717, 1.165) is 5.56 Å². The molecule has 48 heavy (non-hydrogen) atoms. The minimum absolute atomic E-state index is 0.0160. The molecule has 1 aromatic heterocycles. The highest BCUT2D eigenvalue weighted by molar-refractivity contribution is 8.23. The molecule has 4 aromatic carbocycles. The van der Waals surface area contributed by atoms with Crippen molar-refractivity contribution in [2.24, 2.45) is 0 Å². The van der Waals surface area contributed by atoms with Gasteiger partial charge in [0.05, 0.1) is 22.3 Å². The van der Waals surface area contributed by atoms with Crippen molar-refractivity contribution in [1.29, 1.82) is 0 Å². The number of nitrogens with zero attached hydrogens (tertiary/aromatic N) is 2. The Balaban J connectivity index is 1.42. The predicted molar refractivity (Wildman–Crippen MR) is 170 cm³/mol. The molecule has 1 aliphatic heterocycles. The lowest BCUT2D eigenvalue weighted by atomic mass is 10.0. The predicted octanol–water partition coefficient (Wildman–Crippen LogP) is 6.45. The topological polar surface area (TPSA) is 162 Å². The van der Waals surface area contributed by atoms with Crippen LogP contribution in [-0.4, -0.2) is 50.0 Å². The summed E-state index contributed by atoms with van der Waals surface area (Å²) < 4.78 is 91.8. The molecular formula is C32H27F3N4O7S2. The lowest BCUT2D eigenvalue weighted by molar-refractivity contribution is -0.227. The number of benzene rings is 4. The number of amides is 1. The van der Waals surface area contributed by atoms with Gasteiger partial charge in [0.15, 0.2) is 0 Å². The highest BCUT2D eigenvalue weighted by Gasteiger charge is 2.47. The second-order valence-corrected chi connectivity index (χ2v) is 14.7. The van der Waals surface area contributed by atoms with Crippen molar-refractivity contribution in [2.45, 2.75) is 35.2 Å². The molecule has 1 saturated heterocycles. The maximum atomic E-state index is 14.1. The molecule has 4 N–H and O–H groups in total. The van der Waals surface area contributed by atoms with E-state index in [1.54, 1.807) is 54.6 Å². The summed E-state index contributed by atoms with van der Waals surface area (Å²) in [5.74, 6) is -3.41. The summed E-state index contributed by atoms with van der Waals surface area (Å²) >= 11 is 0. The van der Waals surface area contributed by atoms with Gasteiger partial charge in [-0.25, -0.2) is 18.2 Å². The Morgan fingerprint density at radius 1 is 0.938 bits per heavy atom. The van der Waals surface area contributed by atoms with Gasteiger partial charge in [-0.3, -0.25) is 18.6 Å². The van der Waals surface area contributed by atoms with E-state index in [0.29, 0.717) is 27.7 Å². The van der Waals surface area contributed by atoms with Crippen LogP contribution in [0.25, 0.3) is 22.2 Å². The average Bonchev–Trinajstić information content (AvgIpc) is 3.61. The van der Waals surface area contributed by atoms with E-state index in [2.05, 4.69) is 14.7 Å². The van der Waals surface area contributed by atoms with Gasteiger partial charge in [0.25, 0.3) is 10.0 Å². The molecule has 2 atom stereocenters. The number of carbonyl (C=O) groups is 2. The van der Waals surface area contributed by atoms with E-state index >= 15 is 0 Å². The minimum Gasteiger partial charge on any atom is -0.344 e. The van der Waals surface area contributed by atoms with Gasteiger partial charge in [-0.1, -0.05) is 78.9 Å². The number of sulfonamides is 1. The summed E-state index contributed by atoms with van der Waals surface area (Å²) in [5, 5.41) is -0.936. The van der Waals surface area contributed by atoms with Gasteiger partial charge < -0.3 is 9.82 Å². The molecule has 0 bridgehead atoms. The zero-order chi connectivity index (χ0) is 34.3. The Morgan fingerprint density at radius 2 is 1.56 bits per heavy atom. The molecule has 0 unspecified atom stereocenters. The Kier molecular flexibility index (Phi) is 8.78. The van der Waals surface area contributed by atoms with Crippen LogP contribution in [-0.2, 0) is 30.9 Å². The van der Waals surface area contributed by atoms with Crippen molar-refractivity contribution in [2.75, 3.05) is 0 Å². The first kappa shape index (κ1) is 33.2. The van der Waals surface area contributed by atoms with Crippen LogP contribution in [0, 0.1) is 0 Å². The second-order valence-electron chi connectivity index (χ2n) is 10.9. The number of imidazole rings is 1. The number of hydrogen-bond donors (Lipinski definition) is 4. The van der Waals surface area contributed by atoms with Gasteiger partial charge in [0.2, 0.25) is 5.91 Å². The fourth-order valence-electron chi connectivity index (χ4n) is 5.33. The first-order chi connectivity index (χ1) is 22.7. The largest absolute Gasteiger partial charge is 0.492 e. The SMILES string of the molecule is O=C1C[C@@H](c2ccc(C[C@@H](c3nc4ccccc4[nH]3)N(OC(=O)C(F)(F)F)S(=O)(=O)c3ccc(-c4ccccc4)cc3)cc2)S(O)(O)N1. The molecular weight excluding hydrogens is 674 g/mol. The number of nitrogens with one attached hydrogen (secondary N) is 2. The monoisotopic (exact) mass is 700 g/mol. The number of halogens is 3. The standard InChI is InChI=1S/C32H27F3N4O7S2/c33-32(34,35)31(41)46-39(48(44,45)24-16-14-22(15-17-24)21-6-2-1-3-7-21)27(30-36-25-8-4-5-9-26(25)37-30)18-20-10-12-23(13-11-20)28-19-29(40)38-47(28,42)43/h1-17,27-28,42-43H,18-19H2,(H,36,37)(H,38,40)/t27-,28-/m0/s1. The van der Waals surface area contributed by atoms with Crippen molar-refractivity contribution in [3.63, 3.8) is 0 Å². The third kappa shape index (κ3) is 6.79. The van der Waals surface area contributed by atoms with E-state index in [9.17, 15) is 40.3 Å². The molecule has 6 rings (SSSR count). The van der Waals surface area contributed by atoms with Crippen LogP contribution in [0.5, 0.6) is 0 Å². The quantitative estimate of drug-likeness (QED) is 0.128. The molecule has 1 fully saturated rings. The van der Waals surface area contributed by atoms with E-state index in [1.807, 2.05) is 0 Å². The van der Waals surface area contributed by atoms with E-state index in [1.165, 1.54) is 48.5 Å². The number of aromatic amines is 1. The van der Waals surface area contributed by atoms with E-state index in [-0.39, 0.29) is 23.1 Å². The number of para-hydroxylation sites is 2. The third-order valence-electron chi connectivity index (χ3n) is 7.69. The van der Waals surface area contributed by atoms with Crippen molar-refractivity contribution in [3.8, 4) is 11.1 Å². The highest BCUT2D eigenvalue weighted by Crippen LogP contribution is 2.56. The van der Waals surface area contributed by atoms with Gasteiger partial charge in [0, 0.05) is 0 Å². The van der Waals surface area contributed by atoms with Crippen molar-refractivity contribution in [1.82, 2.24) is 19.2 Å². The molecule has 1 aliphatic rings. The van der Waals surface area contributed by atoms with Gasteiger partial charge in [-0.2, -0.15) is 13.2 Å². The molecule has 16 heteroatoms. The van der Waals surface area contributed by atoms with Crippen LogP contribution in [0.2, 0.25) is 0 Å². The Hall–Kier alpha value is -4.74. The zero-order valence-corrected chi connectivity index (χ0v) is 26.3. The summed E-state index contributed by atoms with van der Waals surface area (Å²) in [5.41, 5.74) is 2.98. The maximum absolute atomic E-state index is 14.1. The second kappa shape index (κ2) is 12.7. The highest BCUT2D eigenvalue weighted by atomic mass is 32.3. The molecule has 1 amide bonds. The van der Waals surface area contributed by atoms with Crippen molar-refractivity contribution >= 4 is 43.7 Å². The van der Waals surface area contributed by atoms with Crippen LogP contribution in [0.4, 0.5) is 13.2 Å². The number of H-pyrrole nitrogens is 1. The fourth-order valence-corrected chi connectivity index (χ4v) is 8.18. The number of aromatic nitrogens is 2. The molecule has 2 heterocycles. The minimum atomic E-state index is -5.54. The Labute approximate surface area is 273 Å². The average molecular weight is 701 g/mol. The number of hydrogen-bond acceptors (Lipinski definition) is 8. The lowest BCUT2D eigenvalue weighted by Crippen LogP contribution is -2.42. The molecule has 0 saturated carbocycles. The first-order valence-electron chi connectivity index (χ1n) is 14.3. The van der Waals surface area contributed by atoms with Crippen molar-refractivity contribution in [3.05, 3.63) is 120 Å². The Morgan fingerprint density at radius 3 is 2.17 bits per heavy atom. The van der Waals surface area contributed by atoms with Crippen LogP contribution in [0.3, 0.4) is 0 Å². The lowest BCUT2D eigenvalue weighted by Gasteiger charge is -2.33. The molecule has 250 valence electrons. The molecule has 0 aliphatic carbocycles. The summed E-state index contributed by atoms with van der Waals surface area (Å²) in [6.45, 7) is 0. The van der Waals surface area contributed by atoms with Crippen LogP contribution >= 0.6 is 10.8 Å². The third-order valence-corrected chi connectivity index (χ3v) is 11.1. The summed E-state index contributed by atoms with van der Waals surface area (Å²) in [6.07, 6.45) is -6.06. The van der Waals surface area contributed by atoms with Crippen molar-refractivity contribution < 1.29 is 45.1 Å². The van der Waals surface area contributed by atoms with Gasteiger partial charge in [0.1, 0.15) is 17.1 Å². The van der Waals surface area contributed by atoms with Gasteiger partial charge >= 0.3 is 12.1 Å². The normalized spacial score (nSPS) is 17.6. The molecule has 5 aromatic rings. The number of hydroxylamine groups is 1. The van der Waals surface area contributed by atoms with Gasteiger partial charge in [-0.15, -0.1) is 10.8 Å². The number of alkyl halides is 3. The fraction of sp³-hybridized carbons (Fsp3) is 0.156. The molecule has 0 spiro atoms. The van der Waals surface area contributed by atoms with Crippen LogP contribution in [0.1, 0.15) is 34.7 Å². The zero-order valence-electron chi connectivity index (χ0n) is 24.7. The maximum Gasteiger partial charge on any atom is 0.492 e. The number of carbonyl (C=O) groups excluding carboxylic acids is 2. The molecule has 0 radical (unpaired) electrons. The smallest absolute Gasteiger partial charge is 0.344 e. The van der Waals surface area contributed by atoms with Crippen LogP contribution < -0.4 is 4.72 Å². The summed E-state index contributed by atoms with van der Waals surface area (Å²) in [4.78, 5) is 35.7. The summed E-state index contributed by atoms with van der Waals surface area (Å²) in [7, 11) is -8.44. The molecule has 11 nitrogen and oxygen atoms in total. The number of fused-ring (bicyclic) bond motifs is 1. The van der Waals surface area contributed by atoms with E-state index < -0.39 is 55.0 Å². The van der Waals surface area contributed by atoms with E-state index in [4.69, 9.17) is 4.84 Å². The van der Waals surface area contributed by atoms with Gasteiger partial charge in [-0.05, 0) is 57.4 Å². The summed E-state index contributed by atoms with van der Waals surface area (Å²) in [6, 6.07) is 25.3. The van der Waals surface area contributed by atoms with Crippen LogP contribution in [0.15, 0.2) is 108 Å². The number of rotatable bonds is 9.